The van der Waals surface area contributed by atoms with Crippen molar-refractivity contribution in [2.75, 3.05) is 20.3 Å². The number of hydrogen-bond acceptors (Lipinski definition) is 7. The molecule has 10 heteroatoms. The summed E-state index contributed by atoms with van der Waals surface area (Å²) in [6.45, 7) is 9.24. The Morgan fingerprint density at radius 3 is 2.30 bits per heavy atom. The molecule has 0 radical (unpaired) electrons. The third-order valence-corrected chi connectivity index (χ3v) is 7.41. The smallest absolute Gasteiger partial charge is 0.411 e. The molecule has 0 bridgehead atoms. The third kappa shape index (κ3) is 7.86. The van der Waals surface area contributed by atoms with Crippen LogP contribution in [-0.2, 0) is 35.4 Å². The molecule has 0 aromatic heterocycles. The van der Waals surface area contributed by atoms with Gasteiger partial charge < -0.3 is 14.3 Å². The predicted octanol–water partition coefficient (Wildman–Crippen LogP) is 6.58. The van der Waals surface area contributed by atoms with E-state index in [9.17, 15) is 14.4 Å². The highest BCUT2D eigenvalue weighted by Crippen LogP contribution is 2.48. The van der Waals surface area contributed by atoms with E-state index in [4.69, 9.17) is 19.2 Å². The number of carbonyl (C=O) groups excluding carboxylic acids is 3. The van der Waals surface area contributed by atoms with E-state index in [1.165, 1.54) is 40.0 Å². The van der Waals surface area contributed by atoms with Crippen molar-refractivity contribution >= 4 is 23.9 Å². The number of aldehydes is 1. The normalized spacial score (nSPS) is 16.7. The van der Waals surface area contributed by atoms with E-state index in [2.05, 4.69) is 0 Å². The van der Waals surface area contributed by atoms with Crippen LogP contribution in [0.15, 0.2) is 54.6 Å². The highest BCUT2D eigenvalue weighted by atomic mass is 19.1. The van der Waals surface area contributed by atoms with Crippen molar-refractivity contribution < 1.29 is 42.4 Å². The minimum Gasteiger partial charge on any atom is -0.444 e. The number of benzene rings is 2. The molecule has 8 nitrogen and oxygen atoms in total. The van der Waals surface area contributed by atoms with Crippen molar-refractivity contribution in [2.45, 2.75) is 77.3 Å². The zero-order chi connectivity index (χ0) is 32.0. The molecule has 2 unspecified atom stereocenters. The van der Waals surface area contributed by atoms with E-state index in [0.29, 0.717) is 37.0 Å². The van der Waals surface area contributed by atoms with E-state index in [1.54, 1.807) is 57.2 Å². The fraction of sp³-hybridized carbons (Fsp3) is 0.485. The van der Waals surface area contributed by atoms with Gasteiger partial charge in [0.05, 0.1) is 19.1 Å². The molecule has 0 N–H and O–H groups in total. The van der Waals surface area contributed by atoms with Gasteiger partial charge in [-0.05, 0) is 63.8 Å². The Kier molecular flexibility index (Phi) is 10.8. The Bertz CT molecular complexity index is 1320. The Hall–Kier alpha value is -3.63. The largest absolute Gasteiger partial charge is 0.444 e. The van der Waals surface area contributed by atoms with E-state index in [0.717, 1.165) is 16.5 Å². The third-order valence-electron chi connectivity index (χ3n) is 7.41. The fourth-order valence-corrected chi connectivity index (χ4v) is 5.50. The molecule has 234 valence electrons. The Labute approximate surface area is 251 Å². The molecular weight excluding hydrogens is 560 g/mol. The Morgan fingerprint density at radius 2 is 1.77 bits per heavy atom. The fourth-order valence-electron chi connectivity index (χ4n) is 5.50. The van der Waals surface area contributed by atoms with Crippen LogP contribution in [0.1, 0.15) is 70.6 Å². The first-order valence-corrected chi connectivity index (χ1v) is 14.2. The predicted molar refractivity (Wildman–Crippen MR) is 157 cm³/mol. The number of rotatable bonds is 11. The van der Waals surface area contributed by atoms with E-state index >= 15 is 8.78 Å². The maximum Gasteiger partial charge on any atom is 0.411 e. The van der Waals surface area contributed by atoms with Gasteiger partial charge in [-0.25, -0.2) is 18.4 Å². The average Bonchev–Trinajstić information content (AvgIpc) is 2.94. The maximum atomic E-state index is 16.5. The van der Waals surface area contributed by atoms with E-state index < -0.39 is 46.5 Å². The second-order valence-corrected chi connectivity index (χ2v) is 12.2. The summed E-state index contributed by atoms with van der Waals surface area (Å²) in [5.74, 6) is -4.85. The van der Waals surface area contributed by atoms with Crippen molar-refractivity contribution in [3.8, 4) is 0 Å². The lowest BCUT2D eigenvalue weighted by Gasteiger charge is -2.49. The lowest BCUT2D eigenvalue weighted by Crippen LogP contribution is -2.67. The van der Waals surface area contributed by atoms with Crippen LogP contribution in [0.5, 0.6) is 0 Å². The van der Waals surface area contributed by atoms with Gasteiger partial charge in [-0.2, -0.15) is 4.89 Å². The summed E-state index contributed by atoms with van der Waals surface area (Å²) in [4.78, 5) is 51.6. The van der Waals surface area contributed by atoms with Gasteiger partial charge in [0.25, 0.3) is 0 Å². The van der Waals surface area contributed by atoms with Gasteiger partial charge in [0.1, 0.15) is 30.0 Å². The average molecular weight is 602 g/mol. The first-order valence-electron chi connectivity index (χ1n) is 14.2. The number of likely N-dealkylation sites (N-methyl/N-ethyl adjacent to an activating group) is 1. The van der Waals surface area contributed by atoms with Crippen LogP contribution in [0, 0.1) is 11.7 Å². The minimum absolute atomic E-state index is 0.0329. The number of amides is 1. The molecule has 3 atom stereocenters. The first-order chi connectivity index (χ1) is 20.1. The number of alkyl halides is 1. The molecular formula is C33H41F2NO7. The number of ether oxygens (including phenoxy) is 2. The lowest BCUT2D eigenvalue weighted by molar-refractivity contribution is -0.291. The molecule has 0 aliphatic carbocycles. The second kappa shape index (κ2) is 13.8. The second-order valence-electron chi connectivity index (χ2n) is 12.2. The zero-order valence-electron chi connectivity index (χ0n) is 25.8. The maximum absolute atomic E-state index is 16.5. The zero-order valence-corrected chi connectivity index (χ0v) is 25.8. The van der Waals surface area contributed by atoms with Gasteiger partial charge >= 0.3 is 12.1 Å². The molecule has 1 aliphatic heterocycles. The quantitative estimate of drug-likeness (QED) is 0.163. The summed E-state index contributed by atoms with van der Waals surface area (Å²) >= 11 is 0. The van der Waals surface area contributed by atoms with Crippen LogP contribution < -0.4 is 0 Å². The van der Waals surface area contributed by atoms with Crippen LogP contribution in [0.4, 0.5) is 13.6 Å². The number of nitrogens with zero attached hydrogens (tertiary/aromatic N) is 1. The number of carbonyl (C=O) groups is 3. The highest BCUT2D eigenvalue weighted by Gasteiger charge is 2.62. The van der Waals surface area contributed by atoms with Crippen LogP contribution in [-0.4, -0.2) is 60.3 Å². The molecule has 0 saturated heterocycles. The van der Waals surface area contributed by atoms with Gasteiger partial charge in [-0.15, -0.1) is 0 Å². The highest BCUT2D eigenvalue weighted by molar-refractivity contribution is 5.90. The molecule has 2 aromatic rings. The van der Waals surface area contributed by atoms with Crippen molar-refractivity contribution in [1.29, 1.82) is 0 Å². The SMILES string of the molecule is CC(C=O)[C@@](C(=O)OOCc1ccccc1)(C(c1ccc(C2=CCOCC2)c(F)c1)C(C)(C)F)N(C)C(=O)OC(C)(C)C. The Morgan fingerprint density at radius 1 is 1.09 bits per heavy atom. The summed E-state index contributed by atoms with van der Waals surface area (Å²) in [7, 11) is 1.23. The van der Waals surface area contributed by atoms with Gasteiger partial charge in [0, 0.05) is 18.5 Å². The summed E-state index contributed by atoms with van der Waals surface area (Å²) in [6.07, 6.45) is 1.68. The summed E-state index contributed by atoms with van der Waals surface area (Å²) in [6, 6.07) is 13.0. The first kappa shape index (κ1) is 33.9. The van der Waals surface area contributed by atoms with Crippen molar-refractivity contribution in [3.63, 3.8) is 0 Å². The molecule has 3 rings (SSSR count). The molecule has 1 heterocycles. The summed E-state index contributed by atoms with van der Waals surface area (Å²) in [5, 5.41) is 0. The standard InChI is InChI=1S/C33H41F2NO7/c1-22(20-37)33(36(7)30(39)42-31(2,3)4,29(38)43-41-21-23-11-9-8-10-12-23)28(32(5,6)35)25-13-14-26(27(34)19-25)24-15-17-40-18-16-24/h8-15,19-20,22,28H,16-18,21H2,1-7H3/t22?,28?,33-/m0/s1. The van der Waals surface area contributed by atoms with Crippen molar-refractivity contribution in [2.24, 2.45) is 5.92 Å². The van der Waals surface area contributed by atoms with Gasteiger partial charge in [0.15, 0.2) is 5.54 Å². The van der Waals surface area contributed by atoms with E-state index in [1.807, 2.05) is 0 Å². The minimum atomic E-state index is -2.37. The summed E-state index contributed by atoms with van der Waals surface area (Å²) < 4.78 is 43.1. The van der Waals surface area contributed by atoms with Crippen molar-refractivity contribution in [1.82, 2.24) is 4.90 Å². The molecule has 43 heavy (non-hydrogen) atoms. The monoisotopic (exact) mass is 601 g/mol. The van der Waals surface area contributed by atoms with Gasteiger partial charge in [-0.3, -0.25) is 9.79 Å². The number of hydrogen-bond donors (Lipinski definition) is 0. The van der Waals surface area contributed by atoms with Gasteiger partial charge in [-0.1, -0.05) is 55.5 Å². The topological polar surface area (TPSA) is 91.4 Å². The molecule has 0 spiro atoms. The molecule has 2 aromatic carbocycles. The molecule has 1 aliphatic rings. The Balaban J connectivity index is 2.19. The molecule has 1 amide bonds. The van der Waals surface area contributed by atoms with E-state index in [-0.39, 0.29) is 12.2 Å². The van der Waals surface area contributed by atoms with Crippen LogP contribution in [0.3, 0.4) is 0 Å². The van der Waals surface area contributed by atoms with Gasteiger partial charge in [0.2, 0.25) is 0 Å². The molecule has 0 fully saturated rings. The van der Waals surface area contributed by atoms with Crippen LogP contribution in [0.2, 0.25) is 0 Å². The lowest BCUT2D eigenvalue weighted by atomic mass is 9.65. The van der Waals surface area contributed by atoms with Crippen LogP contribution >= 0.6 is 0 Å². The van der Waals surface area contributed by atoms with Crippen molar-refractivity contribution in [3.05, 3.63) is 77.1 Å². The summed E-state index contributed by atoms with van der Waals surface area (Å²) in [5.41, 5.74) is -3.92. The number of halogens is 2. The van der Waals surface area contributed by atoms with Crippen LogP contribution in [0.25, 0.3) is 5.57 Å². The molecule has 0 saturated carbocycles.